The number of nitriles is 2. The average molecular weight is 749 g/mol. The van der Waals surface area contributed by atoms with Crippen LogP contribution in [0.3, 0.4) is 0 Å². The zero-order valence-corrected chi connectivity index (χ0v) is 30.3. The first-order valence-corrected chi connectivity index (χ1v) is 18.2. The molecule has 14 heteroatoms. The number of rotatable bonds is 10. The van der Waals surface area contributed by atoms with Gasteiger partial charge in [-0.25, -0.2) is 9.59 Å². The molecule has 2 fully saturated rings. The van der Waals surface area contributed by atoms with E-state index in [0.717, 1.165) is 62.5 Å². The number of pyridine rings is 2. The van der Waals surface area contributed by atoms with Gasteiger partial charge in [0, 0.05) is 85.6 Å². The highest BCUT2D eigenvalue weighted by Crippen LogP contribution is 2.38. The number of carbonyl (C=O) groups is 2. The average Bonchev–Trinajstić information content (AvgIpc) is 3.77. The van der Waals surface area contributed by atoms with Crippen LogP contribution in [-0.2, 0) is 32.2 Å². The van der Waals surface area contributed by atoms with Crippen molar-refractivity contribution in [3.05, 3.63) is 107 Å². The lowest BCUT2D eigenvalue weighted by molar-refractivity contribution is -0.131. The van der Waals surface area contributed by atoms with Gasteiger partial charge in [0.25, 0.3) is 0 Å². The molecule has 0 saturated carbocycles. The first-order valence-electron chi connectivity index (χ1n) is 18.2. The molecule has 2 aromatic carbocycles. The molecule has 280 valence electrons. The fourth-order valence-corrected chi connectivity index (χ4v) is 6.91. The second-order valence-electron chi connectivity index (χ2n) is 13.5. The van der Waals surface area contributed by atoms with E-state index in [9.17, 15) is 20.1 Å². The van der Waals surface area contributed by atoms with Gasteiger partial charge in [-0.15, -0.1) is 0 Å². The second-order valence-corrected chi connectivity index (χ2v) is 13.5. The van der Waals surface area contributed by atoms with Crippen LogP contribution < -0.4 is 9.47 Å². The maximum atomic E-state index is 13.2. The van der Waals surface area contributed by atoms with Crippen LogP contribution in [0, 0.1) is 22.7 Å². The second kappa shape index (κ2) is 16.4. The SMILES string of the molecule is N#Cc1ccc2[nH]c(OC(=O)/C=C/C(=O)Oc3[nH]c4ccc(C#N)cc4c3-c3ccc(CN4CCOCC4)cn3)c(-c3ccc(CN4CCOCC4)cn3)c2c1. The van der Waals surface area contributed by atoms with Crippen molar-refractivity contribution in [2.75, 3.05) is 52.6 Å². The van der Waals surface area contributed by atoms with E-state index in [-0.39, 0.29) is 11.8 Å². The number of nitrogens with zero attached hydrogens (tertiary/aromatic N) is 6. The normalized spacial score (nSPS) is 15.2. The van der Waals surface area contributed by atoms with Crippen molar-refractivity contribution in [3.8, 4) is 46.4 Å². The van der Waals surface area contributed by atoms with Crippen LogP contribution in [0.1, 0.15) is 22.3 Å². The molecule has 0 unspecified atom stereocenters. The van der Waals surface area contributed by atoms with Crippen LogP contribution in [0.4, 0.5) is 0 Å². The first kappa shape index (κ1) is 36.3. The van der Waals surface area contributed by atoms with E-state index in [1.165, 1.54) is 0 Å². The van der Waals surface area contributed by atoms with Crippen molar-refractivity contribution in [3.63, 3.8) is 0 Å². The summed E-state index contributed by atoms with van der Waals surface area (Å²) in [5.41, 5.74) is 6.26. The summed E-state index contributed by atoms with van der Waals surface area (Å²) in [6, 6.07) is 22.2. The predicted molar refractivity (Wildman–Crippen MR) is 205 cm³/mol. The van der Waals surface area contributed by atoms with E-state index in [0.29, 0.717) is 81.9 Å². The standard InChI is InChI=1S/C42H36N8O6/c43-21-27-1-5-33-31(19-27)39(35-7-3-29(23-45-35)25-49-11-15-53-16-12-49)41(47-33)55-37(51)9-10-38(52)56-42-40(32-20-28(22-44)2-6-34(32)48-42)36-8-4-30(24-46-36)26-50-13-17-54-18-14-50/h1-10,19-20,23-24,47-48H,11-18,25-26H2/b10-9+. The van der Waals surface area contributed by atoms with E-state index >= 15 is 0 Å². The number of esters is 2. The topological polar surface area (TPSA) is 182 Å². The van der Waals surface area contributed by atoms with Gasteiger partial charge < -0.3 is 28.9 Å². The number of morpholine rings is 2. The lowest BCUT2D eigenvalue weighted by Gasteiger charge is -2.26. The number of hydrogen-bond acceptors (Lipinski definition) is 12. The predicted octanol–water partition coefficient (Wildman–Crippen LogP) is 5.25. The molecule has 2 aliphatic rings. The molecule has 0 atom stereocenters. The number of aromatic nitrogens is 4. The minimum atomic E-state index is -0.841. The molecule has 6 aromatic rings. The third-order valence-corrected chi connectivity index (χ3v) is 9.73. The zero-order valence-electron chi connectivity index (χ0n) is 30.3. The minimum Gasteiger partial charge on any atom is -0.406 e. The van der Waals surface area contributed by atoms with Gasteiger partial charge in [0.2, 0.25) is 11.8 Å². The fraction of sp³-hybridized carbons (Fsp3) is 0.238. The smallest absolute Gasteiger partial charge is 0.337 e. The lowest BCUT2D eigenvalue weighted by atomic mass is 10.1. The highest BCUT2D eigenvalue weighted by Gasteiger charge is 2.22. The Labute approximate surface area is 321 Å². The van der Waals surface area contributed by atoms with Crippen LogP contribution in [0.2, 0.25) is 0 Å². The van der Waals surface area contributed by atoms with Gasteiger partial charge in [-0.2, -0.15) is 10.5 Å². The summed E-state index contributed by atoms with van der Waals surface area (Å²) < 4.78 is 22.4. The number of carbonyl (C=O) groups excluding carboxylic acids is 2. The van der Waals surface area contributed by atoms with Crippen LogP contribution in [0.25, 0.3) is 44.3 Å². The van der Waals surface area contributed by atoms with Crippen LogP contribution >= 0.6 is 0 Å². The quantitative estimate of drug-likeness (QED) is 0.137. The number of fused-ring (bicyclic) bond motifs is 2. The summed E-state index contributed by atoms with van der Waals surface area (Å²) in [6.07, 6.45) is 5.53. The van der Waals surface area contributed by atoms with Crippen molar-refractivity contribution < 1.29 is 28.5 Å². The molecule has 6 heterocycles. The molecule has 0 aliphatic carbocycles. The molecule has 2 aliphatic heterocycles. The molecule has 0 bridgehead atoms. The van der Waals surface area contributed by atoms with Gasteiger partial charge in [0.15, 0.2) is 0 Å². The molecule has 56 heavy (non-hydrogen) atoms. The Hall–Kier alpha value is -6.68. The van der Waals surface area contributed by atoms with Crippen molar-refractivity contribution in [1.29, 1.82) is 10.5 Å². The summed E-state index contributed by atoms with van der Waals surface area (Å²) >= 11 is 0. The van der Waals surface area contributed by atoms with E-state index in [1.54, 1.807) is 48.8 Å². The molecule has 8 rings (SSSR count). The number of H-pyrrole nitrogens is 2. The summed E-state index contributed by atoms with van der Waals surface area (Å²) in [6.45, 7) is 7.60. The van der Waals surface area contributed by atoms with Gasteiger partial charge in [0.05, 0.1) is 72.2 Å². The van der Waals surface area contributed by atoms with Crippen LogP contribution in [-0.4, -0.2) is 94.3 Å². The van der Waals surface area contributed by atoms with E-state index in [2.05, 4.69) is 31.9 Å². The van der Waals surface area contributed by atoms with Crippen molar-refractivity contribution >= 4 is 33.7 Å². The third-order valence-electron chi connectivity index (χ3n) is 9.73. The Kier molecular flexibility index (Phi) is 10.6. The number of benzene rings is 2. The van der Waals surface area contributed by atoms with Gasteiger partial charge in [-0.1, -0.05) is 12.1 Å². The van der Waals surface area contributed by atoms with Crippen molar-refractivity contribution in [2.24, 2.45) is 0 Å². The van der Waals surface area contributed by atoms with E-state index < -0.39 is 11.9 Å². The maximum absolute atomic E-state index is 13.2. The van der Waals surface area contributed by atoms with Crippen molar-refractivity contribution in [2.45, 2.75) is 13.1 Å². The number of hydrogen-bond donors (Lipinski definition) is 2. The molecule has 4 aromatic heterocycles. The summed E-state index contributed by atoms with van der Waals surface area (Å²) in [5.74, 6) is -1.46. The van der Waals surface area contributed by atoms with Gasteiger partial charge in [-0.3, -0.25) is 19.8 Å². The summed E-state index contributed by atoms with van der Waals surface area (Å²) in [4.78, 5) is 46.7. The molecule has 0 spiro atoms. The lowest BCUT2D eigenvalue weighted by Crippen LogP contribution is -2.35. The highest BCUT2D eigenvalue weighted by atomic mass is 16.5. The zero-order chi connectivity index (χ0) is 38.4. The molecule has 0 amide bonds. The Morgan fingerprint density at radius 2 is 1.09 bits per heavy atom. The molecule has 14 nitrogen and oxygen atoms in total. The number of nitrogens with one attached hydrogen (secondary N) is 2. The van der Waals surface area contributed by atoms with Crippen LogP contribution in [0.5, 0.6) is 11.8 Å². The molecular formula is C42H36N8O6. The number of ether oxygens (including phenoxy) is 4. The Balaban J connectivity index is 1.01. The largest absolute Gasteiger partial charge is 0.406 e. The highest BCUT2D eigenvalue weighted by molar-refractivity contribution is 6.02. The third kappa shape index (κ3) is 8.05. The summed E-state index contributed by atoms with van der Waals surface area (Å²) in [7, 11) is 0. The molecule has 0 radical (unpaired) electrons. The Morgan fingerprint density at radius 1 is 0.661 bits per heavy atom. The Bertz CT molecular complexity index is 2340. The number of aromatic amines is 2. The van der Waals surface area contributed by atoms with Crippen molar-refractivity contribution in [1.82, 2.24) is 29.7 Å². The summed E-state index contributed by atoms with van der Waals surface area (Å²) in [5, 5.41) is 20.5. The molecular weight excluding hydrogens is 713 g/mol. The van der Waals surface area contributed by atoms with Crippen LogP contribution in [0.15, 0.2) is 85.2 Å². The Morgan fingerprint density at radius 3 is 1.46 bits per heavy atom. The molecule has 2 saturated heterocycles. The van der Waals surface area contributed by atoms with E-state index in [1.807, 2.05) is 24.3 Å². The molecule has 2 N–H and O–H groups in total. The van der Waals surface area contributed by atoms with Gasteiger partial charge >= 0.3 is 11.9 Å². The minimum absolute atomic E-state index is 0.112. The monoisotopic (exact) mass is 748 g/mol. The van der Waals surface area contributed by atoms with Gasteiger partial charge in [0.1, 0.15) is 0 Å². The fourth-order valence-electron chi connectivity index (χ4n) is 6.91. The van der Waals surface area contributed by atoms with E-state index in [4.69, 9.17) is 28.9 Å². The first-order chi connectivity index (χ1) is 27.4. The maximum Gasteiger partial charge on any atom is 0.337 e. The van der Waals surface area contributed by atoms with Gasteiger partial charge in [-0.05, 0) is 59.7 Å².